The summed E-state index contributed by atoms with van der Waals surface area (Å²) in [6.07, 6.45) is 13.7. The molecule has 0 spiro atoms. The number of aryl methyl sites for hydroxylation is 1. The predicted molar refractivity (Wildman–Crippen MR) is 218 cm³/mol. The predicted octanol–water partition coefficient (Wildman–Crippen LogP) is 12.8. The summed E-state index contributed by atoms with van der Waals surface area (Å²) < 4.78 is 4.69. The Kier molecular flexibility index (Phi) is 8.91. The fraction of sp³-hybridized carbons (Fsp3) is 0.149. The van der Waals surface area contributed by atoms with Gasteiger partial charge in [-0.15, -0.1) is 0 Å². The molecule has 8 rings (SSSR count). The van der Waals surface area contributed by atoms with E-state index in [1.807, 2.05) is 30.4 Å². The van der Waals surface area contributed by atoms with E-state index in [4.69, 9.17) is 0 Å². The van der Waals surface area contributed by atoms with Crippen LogP contribution in [0.1, 0.15) is 44.0 Å². The van der Waals surface area contributed by atoms with Crippen LogP contribution in [0.4, 0.5) is 11.4 Å². The Balaban J connectivity index is 0.000000176. The molecule has 1 aliphatic rings. The molecule has 0 N–H and O–H groups in total. The molecule has 50 heavy (non-hydrogen) atoms. The minimum Gasteiger partial charge on any atom is -0.335 e. The Bertz CT molecular complexity index is 2370. The third-order valence-electron chi connectivity index (χ3n) is 9.57. The molecule has 0 saturated heterocycles. The zero-order valence-corrected chi connectivity index (χ0v) is 29.6. The number of benzene rings is 5. The van der Waals surface area contributed by atoms with Gasteiger partial charge in [-0.1, -0.05) is 116 Å². The highest BCUT2D eigenvalue weighted by Crippen LogP contribution is 2.39. The molecule has 3 heteroatoms. The van der Waals surface area contributed by atoms with Crippen LogP contribution < -0.4 is 4.90 Å². The molecule has 1 atom stereocenters. The standard InChI is InChI=1S/C29H30N2.C18H15N/c1-21-14-16-23(17-15-21)30(22-10-6-5-7-11-22)24-18-19-28-26(20-24)25-12-8-9-13-27(25)31(28)29(2,3)4;1-3-15-16-12-8-9-13-18(16)19(17(15)4-2)14-10-6-5-7-11-14/h5-10,12-20,22H,11H2,1-4H3;3-13H,1-2H2. The summed E-state index contributed by atoms with van der Waals surface area (Å²) in [5, 5.41) is 3.84. The third-order valence-corrected chi connectivity index (χ3v) is 9.57. The summed E-state index contributed by atoms with van der Waals surface area (Å²) in [4.78, 5) is 2.47. The average Bonchev–Trinajstić information content (AvgIpc) is 3.66. The van der Waals surface area contributed by atoms with Gasteiger partial charge in [0.05, 0.1) is 17.3 Å². The van der Waals surface area contributed by atoms with E-state index in [0.717, 1.165) is 23.4 Å². The lowest BCUT2D eigenvalue weighted by Crippen LogP contribution is -2.29. The van der Waals surface area contributed by atoms with Gasteiger partial charge in [0.1, 0.15) is 0 Å². The van der Waals surface area contributed by atoms with Crippen LogP contribution in [-0.2, 0) is 5.54 Å². The quantitative estimate of drug-likeness (QED) is 0.174. The van der Waals surface area contributed by atoms with Crippen molar-refractivity contribution in [1.82, 2.24) is 9.13 Å². The molecule has 1 aliphatic carbocycles. The molecule has 0 bridgehead atoms. The van der Waals surface area contributed by atoms with Crippen LogP contribution in [0.5, 0.6) is 0 Å². The first kappa shape index (κ1) is 32.7. The summed E-state index contributed by atoms with van der Waals surface area (Å²) in [7, 11) is 0. The highest BCUT2D eigenvalue weighted by Gasteiger charge is 2.23. The van der Waals surface area contributed by atoms with E-state index in [9.17, 15) is 0 Å². The number of rotatable bonds is 6. The number of aromatic nitrogens is 2. The summed E-state index contributed by atoms with van der Waals surface area (Å²) in [5.74, 6) is 0. The van der Waals surface area contributed by atoms with Crippen LogP contribution in [0.2, 0.25) is 0 Å². The maximum Gasteiger partial charge on any atom is 0.0559 e. The van der Waals surface area contributed by atoms with Crippen molar-refractivity contribution in [3.63, 3.8) is 0 Å². The second-order valence-electron chi connectivity index (χ2n) is 13.9. The van der Waals surface area contributed by atoms with Gasteiger partial charge in [0.25, 0.3) is 0 Å². The lowest BCUT2D eigenvalue weighted by Gasteiger charge is -2.33. The monoisotopic (exact) mass is 651 g/mol. The third kappa shape index (κ3) is 6.01. The number of nitrogens with zero attached hydrogens (tertiary/aromatic N) is 3. The second-order valence-corrected chi connectivity index (χ2v) is 13.9. The molecule has 0 aliphatic heterocycles. The summed E-state index contributed by atoms with van der Waals surface area (Å²) in [6, 6.07) is 43.6. The van der Waals surface area contributed by atoms with Crippen molar-refractivity contribution in [3.8, 4) is 5.69 Å². The van der Waals surface area contributed by atoms with Crippen LogP contribution in [0.15, 0.2) is 159 Å². The normalized spacial score (nSPS) is 14.1. The topological polar surface area (TPSA) is 13.1 Å². The first-order valence-corrected chi connectivity index (χ1v) is 17.5. The molecule has 5 aromatic carbocycles. The average molecular weight is 652 g/mol. The minimum absolute atomic E-state index is 0.0103. The van der Waals surface area contributed by atoms with Crippen LogP contribution in [0.3, 0.4) is 0 Å². The van der Waals surface area contributed by atoms with Crippen molar-refractivity contribution < 1.29 is 0 Å². The highest BCUT2D eigenvalue weighted by molar-refractivity contribution is 6.09. The number of fused-ring (bicyclic) bond motifs is 4. The smallest absolute Gasteiger partial charge is 0.0559 e. The van der Waals surface area contributed by atoms with Gasteiger partial charge in [-0.3, -0.25) is 0 Å². The second kappa shape index (κ2) is 13.6. The molecular formula is C47H45N3. The largest absolute Gasteiger partial charge is 0.335 e. The van der Waals surface area contributed by atoms with Gasteiger partial charge in [0, 0.05) is 55.4 Å². The van der Waals surface area contributed by atoms with Crippen LogP contribution >= 0.6 is 0 Å². The Morgan fingerprint density at radius 3 is 1.96 bits per heavy atom. The van der Waals surface area contributed by atoms with Crippen LogP contribution in [-0.4, -0.2) is 15.2 Å². The number of para-hydroxylation sites is 3. The van der Waals surface area contributed by atoms with Crippen molar-refractivity contribution in [3.05, 3.63) is 176 Å². The van der Waals surface area contributed by atoms with Crippen molar-refractivity contribution in [2.75, 3.05) is 4.90 Å². The van der Waals surface area contributed by atoms with Crippen LogP contribution in [0, 0.1) is 6.92 Å². The van der Waals surface area contributed by atoms with Gasteiger partial charge in [-0.2, -0.15) is 0 Å². The molecule has 248 valence electrons. The van der Waals surface area contributed by atoms with Gasteiger partial charge in [0.15, 0.2) is 0 Å². The van der Waals surface area contributed by atoms with Gasteiger partial charge >= 0.3 is 0 Å². The molecule has 0 saturated carbocycles. The van der Waals surface area contributed by atoms with Crippen molar-refractivity contribution in [1.29, 1.82) is 0 Å². The lowest BCUT2D eigenvalue weighted by atomic mass is 10.0. The Morgan fingerprint density at radius 2 is 1.30 bits per heavy atom. The first-order valence-electron chi connectivity index (χ1n) is 17.5. The minimum atomic E-state index is 0.0103. The van der Waals surface area contributed by atoms with Gasteiger partial charge in [0.2, 0.25) is 0 Å². The maximum absolute atomic E-state index is 3.95. The molecule has 2 heterocycles. The Labute approximate surface area is 296 Å². The number of anilines is 2. The van der Waals surface area contributed by atoms with E-state index in [-0.39, 0.29) is 5.54 Å². The van der Waals surface area contributed by atoms with E-state index < -0.39 is 0 Å². The molecule has 1 unspecified atom stereocenters. The number of hydrogen-bond acceptors (Lipinski definition) is 1. The fourth-order valence-electron chi connectivity index (χ4n) is 7.39. The van der Waals surface area contributed by atoms with Crippen LogP contribution in [0.25, 0.3) is 50.5 Å². The fourth-order valence-corrected chi connectivity index (χ4v) is 7.39. The van der Waals surface area contributed by atoms with Crippen molar-refractivity contribution in [2.24, 2.45) is 0 Å². The van der Waals surface area contributed by atoms with Crippen molar-refractivity contribution >= 4 is 56.2 Å². The summed E-state index contributed by atoms with van der Waals surface area (Å²) >= 11 is 0. The van der Waals surface area contributed by atoms with E-state index >= 15 is 0 Å². The SMILES string of the molecule is C=Cc1c(C=C)n(-c2ccccc2)c2ccccc12.Cc1ccc(N(c2ccc3c(c2)c2ccccc2n3C(C)(C)C)C2C=CC=CC2)cc1. The zero-order chi connectivity index (χ0) is 34.8. The van der Waals surface area contributed by atoms with Gasteiger partial charge in [-0.25, -0.2) is 0 Å². The molecule has 3 nitrogen and oxygen atoms in total. The Hall–Kier alpha value is -5.80. The van der Waals surface area contributed by atoms with Gasteiger partial charge < -0.3 is 14.0 Å². The number of hydrogen-bond donors (Lipinski definition) is 0. The van der Waals surface area contributed by atoms with E-state index in [1.54, 1.807) is 0 Å². The van der Waals surface area contributed by atoms with E-state index in [1.165, 1.54) is 49.6 Å². The Morgan fingerprint density at radius 1 is 0.660 bits per heavy atom. The summed E-state index contributed by atoms with van der Waals surface area (Å²) in [5.41, 5.74) is 10.9. The molecule has 7 aromatic rings. The first-order chi connectivity index (χ1) is 24.3. The van der Waals surface area contributed by atoms with E-state index in [0.29, 0.717) is 6.04 Å². The molecular weight excluding hydrogens is 607 g/mol. The maximum atomic E-state index is 3.95. The zero-order valence-electron chi connectivity index (χ0n) is 29.6. The van der Waals surface area contributed by atoms with Crippen molar-refractivity contribution in [2.45, 2.75) is 45.7 Å². The molecule has 0 amide bonds. The molecule has 0 fully saturated rings. The summed E-state index contributed by atoms with van der Waals surface area (Å²) in [6.45, 7) is 16.9. The lowest BCUT2D eigenvalue weighted by molar-refractivity contribution is 0.423. The molecule has 2 aromatic heterocycles. The van der Waals surface area contributed by atoms with E-state index in [2.05, 4.69) is 182 Å². The highest BCUT2D eigenvalue weighted by atomic mass is 15.2. The number of allylic oxidation sites excluding steroid dienone is 2. The van der Waals surface area contributed by atoms with Gasteiger partial charge in [-0.05, 0) is 94.8 Å². The molecule has 0 radical (unpaired) electrons.